The van der Waals surface area contributed by atoms with Gasteiger partial charge in [0.1, 0.15) is 0 Å². The van der Waals surface area contributed by atoms with Crippen molar-refractivity contribution in [2.75, 3.05) is 0 Å². The van der Waals surface area contributed by atoms with Crippen molar-refractivity contribution in [3.63, 3.8) is 0 Å². The van der Waals surface area contributed by atoms with Gasteiger partial charge in [0, 0.05) is 4.47 Å². The van der Waals surface area contributed by atoms with E-state index in [1.165, 1.54) is 5.56 Å². The van der Waals surface area contributed by atoms with Crippen LogP contribution in [0.1, 0.15) is 30.4 Å². The van der Waals surface area contributed by atoms with Gasteiger partial charge in [-0.1, -0.05) is 71.4 Å². The molecule has 0 radical (unpaired) electrons. The second kappa shape index (κ2) is 6.88. The van der Waals surface area contributed by atoms with Crippen LogP contribution in [0.5, 0.6) is 0 Å². The fourth-order valence-electron chi connectivity index (χ4n) is 2.33. The maximum atomic E-state index is 10.2. The molecule has 1 nitrogen and oxygen atoms in total. The van der Waals surface area contributed by atoms with Crippen molar-refractivity contribution in [3.8, 4) is 0 Å². The molecule has 0 aliphatic carbocycles. The molecule has 0 bridgehead atoms. The standard InChI is InChI=1S/C17H19BrO/c1-13(14-7-3-2-4-8-14)11-16(19)12-15-9-5-6-10-17(15)18/h2-10,13,16,19H,11-12H2,1H3. The third-order valence-electron chi connectivity index (χ3n) is 3.41. The Balaban J connectivity index is 1.95. The normalized spacial score (nSPS) is 14.1. The Kier molecular flexibility index (Phi) is 5.17. The van der Waals surface area contributed by atoms with E-state index >= 15 is 0 Å². The van der Waals surface area contributed by atoms with Crippen molar-refractivity contribution in [2.24, 2.45) is 0 Å². The first-order chi connectivity index (χ1) is 9.16. The molecule has 2 aromatic carbocycles. The van der Waals surface area contributed by atoms with Crippen molar-refractivity contribution in [1.29, 1.82) is 0 Å². The van der Waals surface area contributed by atoms with Gasteiger partial charge in [-0.15, -0.1) is 0 Å². The summed E-state index contributed by atoms with van der Waals surface area (Å²) < 4.78 is 1.07. The highest BCUT2D eigenvalue weighted by atomic mass is 79.9. The number of halogens is 1. The van der Waals surface area contributed by atoms with Crippen LogP contribution >= 0.6 is 15.9 Å². The van der Waals surface area contributed by atoms with Gasteiger partial charge in [-0.3, -0.25) is 0 Å². The lowest BCUT2D eigenvalue weighted by molar-refractivity contribution is 0.157. The largest absolute Gasteiger partial charge is 0.393 e. The van der Waals surface area contributed by atoms with E-state index in [-0.39, 0.29) is 6.10 Å². The third kappa shape index (κ3) is 4.19. The molecule has 0 heterocycles. The second-order valence-electron chi connectivity index (χ2n) is 5.00. The Morgan fingerprint density at radius 2 is 1.63 bits per heavy atom. The van der Waals surface area contributed by atoms with Crippen molar-refractivity contribution in [3.05, 3.63) is 70.2 Å². The summed E-state index contributed by atoms with van der Waals surface area (Å²) in [7, 11) is 0. The van der Waals surface area contributed by atoms with Crippen molar-refractivity contribution >= 4 is 15.9 Å². The molecule has 0 amide bonds. The lowest BCUT2D eigenvalue weighted by atomic mass is 9.92. The van der Waals surface area contributed by atoms with Gasteiger partial charge in [-0.25, -0.2) is 0 Å². The predicted octanol–water partition coefficient (Wildman–Crippen LogP) is 4.55. The molecule has 1 N–H and O–H groups in total. The topological polar surface area (TPSA) is 20.2 Å². The summed E-state index contributed by atoms with van der Waals surface area (Å²) in [5.74, 6) is 0.374. The monoisotopic (exact) mass is 318 g/mol. The van der Waals surface area contributed by atoms with Gasteiger partial charge in [-0.2, -0.15) is 0 Å². The van der Waals surface area contributed by atoms with E-state index in [2.05, 4.69) is 41.1 Å². The predicted molar refractivity (Wildman–Crippen MR) is 83.3 cm³/mol. The first-order valence-electron chi connectivity index (χ1n) is 6.63. The SMILES string of the molecule is CC(CC(O)Cc1ccccc1Br)c1ccccc1. The summed E-state index contributed by atoms with van der Waals surface area (Å²) in [5, 5.41) is 10.2. The molecule has 0 aliphatic heterocycles. The molecule has 0 spiro atoms. The number of benzene rings is 2. The van der Waals surface area contributed by atoms with Crippen molar-refractivity contribution < 1.29 is 5.11 Å². The Morgan fingerprint density at radius 1 is 1.00 bits per heavy atom. The molecule has 0 saturated carbocycles. The van der Waals surface area contributed by atoms with Crippen LogP contribution in [0, 0.1) is 0 Å². The lowest BCUT2D eigenvalue weighted by Crippen LogP contribution is -2.14. The quantitative estimate of drug-likeness (QED) is 0.857. The molecular formula is C17H19BrO. The van der Waals surface area contributed by atoms with Crippen molar-refractivity contribution in [1.82, 2.24) is 0 Å². The first-order valence-corrected chi connectivity index (χ1v) is 7.42. The molecule has 19 heavy (non-hydrogen) atoms. The Bertz CT molecular complexity index is 510. The average molecular weight is 319 g/mol. The lowest BCUT2D eigenvalue weighted by Gasteiger charge is -2.17. The molecule has 0 saturated heterocycles. The fraction of sp³-hybridized carbons (Fsp3) is 0.294. The third-order valence-corrected chi connectivity index (χ3v) is 4.18. The summed E-state index contributed by atoms with van der Waals surface area (Å²) in [4.78, 5) is 0. The van der Waals surface area contributed by atoms with Gasteiger partial charge in [0.25, 0.3) is 0 Å². The summed E-state index contributed by atoms with van der Waals surface area (Å²) in [5.41, 5.74) is 2.45. The first kappa shape index (κ1) is 14.3. The molecule has 0 aliphatic rings. The van der Waals surface area contributed by atoms with E-state index in [4.69, 9.17) is 0 Å². The van der Waals surface area contributed by atoms with E-state index in [0.29, 0.717) is 12.3 Å². The number of hydrogen-bond acceptors (Lipinski definition) is 1. The van der Waals surface area contributed by atoms with Crippen LogP contribution in [0.4, 0.5) is 0 Å². The highest BCUT2D eigenvalue weighted by molar-refractivity contribution is 9.10. The number of aliphatic hydroxyl groups is 1. The van der Waals surface area contributed by atoms with Crippen LogP contribution in [-0.4, -0.2) is 11.2 Å². The Labute approximate surface area is 123 Å². The van der Waals surface area contributed by atoms with Crippen molar-refractivity contribution in [2.45, 2.75) is 31.8 Å². The minimum atomic E-state index is -0.311. The molecule has 100 valence electrons. The molecule has 0 aromatic heterocycles. The van der Waals surface area contributed by atoms with Gasteiger partial charge >= 0.3 is 0 Å². The smallest absolute Gasteiger partial charge is 0.0586 e. The maximum absolute atomic E-state index is 10.2. The summed E-state index contributed by atoms with van der Waals surface area (Å²) >= 11 is 3.52. The van der Waals surface area contributed by atoms with Gasteiger partial charge < -0.3 is 5.11 Å². The zero-order valence-corrected chi connectivity index (χ0v) is 12.7. The molecule has 0 fully saturated rings. The Morgan fingerprint density at radius 3 is 2.32 bits per heavy atom. The minimum Gasteiger partial charge on any atom is -0.393 e. The van der Waals surface area contributed by atoms with Crippen LogP contribution in [0.25, 0.3) is 0 Å². The van der Waals surface area contributed by atoms with E-state index in [1.54, 1.807) is 0 Å². The molecule has 2 heteroatoms. The second-order valence-corrected chi connectivity index (χ2v) is 5.85. The molecule has 2 atom stereocenters. The number of rotatable bonds is 5. The Hall–Kier alpha value is -1.12. The van der Waals surface area contributed by atoms with E-state index in [9.17, 15) is 5.11 Å². The molecule has 2 rings (SSSR count). The number of aliphatic hydroxyl groups excluding tert-OH is 1. The maximum Gasteiger partial charge on any atom is 0.0586 e. The van der Waals surface area contributed by atoms with Crippen LogP contribution in [0.2, 0.25) is 0 Å². The van der Waals surface area contributed by atoms with E-state index < -0.39 is 0 Å². The van der Waals surface area contributed by atoms with E-state index in [1.807, 2.05) is 36.4 Å². The summed E-state index contributed by atoms with van der Waals surface area (Å²) in [6, 6.07) is 18.4. The number of hydrogen-bond donors (Lipinski definition) is 1. The zero-order chi connectivity index (χ0) is 13.7. The fourth-order valence-corrected chi connectivity index (χ4v) is 2.77. The zero-order valence-electron chi connectivity index (χ0n) is 11.1. The summed E-state index contributed by atoms with van der Waals surface area (Å²) in [6.45, 7) is 2.17. The van der Waals surface area contributed by atoms with Gasteiger partial charge in [0.05, 0.1) is 6.10 Å². The molecule has 2 aromatic rings. The molecular weight excluding hydrogens is 300 g/mol. The highest BCUT2D eigenvalue weighted by Gasteiger charge is 2.13. The van der Waals surface area contributed by atoms with Gasteiger partial charge in [0.2, 0.25) is 0 Å². The van der Waals surface area contributed by atoms with E-state index in [0.717, 1.165) is 16.5 Å². The average Bonchev–Trinajstić information content (AvgIpc) is 2.42. The van der Waals surface area contributed by atoms with Crippen LogP contribution < -0.4 is 0 Å². The summed E-state index contributed by atoms with van der Waals surface area (Å²) in [6.07, 6.45) is 1.16. The highest BCUT2D eigenvalue weighted by Crippen LogP contribution is 2.24. The van der Waals surface area contributed by atoms with Crippen LogP contribution in [-0.2, 0) is 6.42 Å². The van der Waals surface area contributed by atoms with Crippen LogP contribution in [0.3, 0.4) is 0 Å². The van der Waals surface area contributed by atoms with Gasteiger partial charge in [-0.05, 0) is 36.0 Å². The minimum absolute atomic E-state index is 0.311. The molecule has 2 unspecified atom stereocenters. The van der Waals surface area contributed by atoms with Crippen LogP contribution in [0.15, 0.2) is 59.1 Å². The van der Waals surface area contributed by atoms with Gasteiger partial charge in [0.15, 0.2) is 0 Å².